The maximum atomic E-state index is 9.12. The fourth-order valence-corrected chi connectivity index (χ4v) is 1.53. The van der Waals surface area contributed by atoms with Crippen LogP contribution >= 0.6 is 15.9 Å². The molecule has 0 amide bonds. The van der Waals surface area contributed by atoms with Gasteiger partial charge in [0.05, 0.1) is 11.9 Å². The number of aromatic hydroxyl groups is 1. The molecular formula is C13H11BrN2O. The maximum Gasteiger partial charge on any atom is 0.115 e. The van der Waals surface area contributed by atoms with Crippen molar-refractivity contribution >= 4 is 27.8 Å². The summed E-state index contributed by atoms with van der Waals surface area (Å²) in [6.07, 6.45) is 1.70. The number of anilines is 1. The van der Waals surface area contributed by atoms with Crippen LogP contribution in [-0.2, 0) is 0 Å². The molecule has 0 saturated heterocycles. The monoisotopic (exact) mass is 290 g/mol. The van der Waals surface area contributed by atoms with Gasteiger partial charge >= 0.3 is 0 Å². The molecule has 3 nitrogen and oxygen atoms in total. The Morgan fingerprint density at radius 1 is 1.00 bits per heavy atom. The highest BCUT2D eigenvalue weighted by atomic mass is 79.9. The summed E-state index contributed by atoms with van der Waals surface area (Å²) in [7, 11) is 0. The van der Waals surface area contributed by atoms with Crippen molar-refractivity contribution in [2.24, 2.45) is 5.10 Å². The maximum absolute atomic E-state index is 9.12. The highest BCUT2D eigenvalue weighted by molar-refractivity contribution is 9.10. The van der Waals surface area contributed by atoms with Gasteiger partial charge in [-0.2, -0.15) is 5.10 Å². The van der Waals surface area contributed by atoms with Gasteiger partial charge in [0, 0.05) is 4.47 Å². The molecule has 86 valence electrons. The number of benzene rings is 2. The number of nitrogens with one attached hydrogen (secondary N) is 1. The third kappa shape index (κ3) is 3.60. The summed E-state index contributed by atoms with van der Waals surface area (Å²) >= 11 is 3.37. The molecule has 0 fully saturated rings. The van der Waals surface area contributed by atoms with Crippen molar-refractivity contribution in [3.8, 4) is 5.75 Å². The van der Waals surface area contributed by atoms with Gasteiger partial charge in [-0.25, -0.2) is 0 Å². The first kappa shape index (κ1) is 11.7. The van der Waals surface area contributed by atoms with E-state index in [9.17, 15) is 0 Å². The summed E-state index contributed by atoms with van der Waals surface area (Å²) in [6, 6.07) is 14.6. The molecular weight excluding hydrogens is 280 g/mol. The molecule has 2 aromatic rings. The van der Waals surface area contributed by atoms with Crippen molar-refractivity contribution in [1.82, 2.24) is 0 Å². The molecule has 0 unspecified atom stereocenters. The molecule has 0 heterocycles. The summed E-state index contributed by atoms with van der Waals surface area (Å²) in [6.45, 7) is 0. The van der Waals surface area contributed by atoms with Crippen LogP contribution in [-0.4, -0.2) is 11.3 Å². The van der Waals surface area contributed by atoms with Crippen LogP contribution in [0.25, 0.3) is 0 Å². The van der Waals surface area contributed by atoms with Crippen LogP contribution in [0.4, 0.5) is 5.69 Å². The Hall–Kier alpha value is -1.81. The average molecular weight is 291 g/mol. The first-order chi connectivity index (χ1) is 8.24. The molecule has 2 N–H and O–H groups in total. The van der Waals surface area contributed by atoms with Crippen molar-refractivity contribution in [3.63, 3.8) is 0 Å². The topological polar surface area (TPSA) is 44.6 Å². The molecule has 0 saturated carbocycles. The van der Waals surface area contributed by atoms with Crippen molar-refractivity contribution in [2.45, 2.75) is 0 Å². The van der Waals surface area contributed by atoms with Crippen molar-refractivity contribution in [1.29, 1.82) is 0 Å². The van der Waals surface area contributed by atoms with Crippen LogP contribution < -0.4 is 5.43 Å². The van der Waals surface area contributed by atoms with E-state index in [1.54, 1.807) is 30.5 Å². The lowest BCUT2D eigenvalue weighted by molar-refractivity contribution is 0.475. The Kier molecular flexibility index (Phi) is 3.77. The second kappa shape index (κ2) is 5.50. The quantitative estimate of drug-likeness (QED) is 0.670. The number of rotatable bonds is 3. The van der Waals surface area contributed by atoms with E-state index >= 15 is 0 Å². The number of phenols is 1. The second-order valence-corrected chi connectivity index (χ2v) is 4.38. The molecule has 2 rings (SSSR count). The highest BCUT2D eigenvalue weighted by Gasteiger charge is 1.90. The minimum atomic E-state index is 0.253. The van der Waals surface area contributed by atoms with E-state index in [1.807, 2.05) is 24.3 Å². The smallest absolute Gasteiger partial charge is 0.115 e. The minimum absolute atomic E-state index is 0.253. The zero-order valence-electron chi connectivity index (χ0n) is 8.97. The Bertz CT molecular complexity index is 506. The Balaban J connectivity index is 1.97. The molecule has 0 radical (unpaired) electrons. The second-order valence-electron chi connectivity index (χ2n) is 3.47. The summed E-state index contributed by atoms with van der Waals surface area (Å²) in [5, 5.41) is 13.2. The Labute approximate surface area is 108 Å². The number of hydrazone groups is 1. The lowest BCUT2D eigenvalue weighted by Crippen LogP contribution is -1.89. The molecule has 0 atom stereocenters. The molecule has 0 spiro atoms. The van der Waals surface area contributed by atoms with Gasteiger partial charge in [-0.1, -0.05) is 15.9 Å². The van der Waals surface area contributed by atoms with Gasteiger partial charge in [-0.15, -0.1) is 0 Å². The van der Waals surface area contributed by atoms with Crippen LogP contribution in [0, 0.1) is 0 Å². The van der Waals surface area contributed by atoms with E-state index < -0.39 is 0 Å². The van der Waals surface area contributed by atoms with E-state index in [-0.39, 0.29) is 5.75 Å². The van der Waals surface area contributed by atoms with Crippen LogP contribution in [0.3, 0.4) is 0 Å². The standard InChI is InChI=1S/C13H11BrN2O/c14-11-3-5-12(6-4-11)16-15-9-10-1-7-13(17)8-2-10/h1-9,16-17H. The third-order valence-corrected chi connectivity index (χ3v) is 2.67. The summed E-state index contributed by atoms with van der Waals surface area (Å²) in [5.41, 5.74) is 4.76. The van der Waals surface area contributed by atoms with Crippen LogP contribution in [0.1, 0.15) is 5.56 Å². The summed E-state index contributed by atoms with van der Waals surface area (Å²) in [4.78, 5) is 0. The lowest BCUT2D eigenvalue weighted by atomic mass is 10.2. The summed E-state index contributed by atoms with van der Waals surface area (Å²) < 4.78 is 1.03. The number of hydrogen-bond donors (Lipinski definition) is 2. The zero-order valence-corrected chi connectivity index (χ0v) is 10.6. The van der Waals surface area contributed by atoms with Crippen LogP contribution in [0.5, 0.6) is 5.75 Å². The molecule has 0 bridgehead atoms. The van der Waals surface area contributed by atoms with Gasteiger partial charge in [0.25, 0.3) is 0 Å². The van der Waals surface area contributed by atoms with Gasteiger partial charge < -0.3 is 5.11 Å². The number of hydrogen-bond acceptors (Lipinski definition) is 3. The SMILES string of the molecule is Oc1ccc(C=NNc2ccc(Br)cc2)cc1. The minimum Gasteiger partial charge on any atom is -0.508 e. The van der Waals surface area contributed by atoms with Crippen LogP contribution in [0.15, 0.2) is 58.1 Å². The number of nitrogens with zero attached hydrogens (tertiary/aromatic N) is 1. The summed E-state index contributed by atoms with van der Waals surface area (Å²) in [5.74, 6) is 0.253. The molecule has 0 aliphatic rings. The van der Waals surface area contributed by atoms with E-state index in [0.717, 1.165) is 15.7 Å². The predicted octanol–water partition coefficient (Wildman–Crippen LogP) is 3.60. The van der Waals surface area contributed by atoms with E-state index in [2.05, 4.69) is 26.5 Å². The molecule has 0 aromatic heterocycles. The largest absolute Gasteiger partial charge is 0.508 e. The predicted molar refractivity (Wildman–Crippen MR) is 73.5 cm³/mol. The van der Waals surface area contributed by atoms with Gasteiger partial charge in [0.15, 0.2) is 0 Å². The first-order valence-corrected chi connectivity index (χ1v) is 5.87. The van der Waals surface area contributed by atoms with Crippen molar-refractivity contribution in [3.05, 3.63) is 58.6 Å². The van der Waals surface area contributed by atoms with Crippen LogP contribution in [0.2, 0.25) is 0 Å². The Morgan fingerprint density at radius 3 is 2.29 bits per heavy atom. The van der Waals surface area contributed by atoms with Gasteiger partial charge in [-0.05, 0) is 54.1 Å². The molecule has 4 heteroatoms. The normalized spacial score (nSPS) is 10.6. The molecule has 0 aliphatic carbocycles. The molecule has 0 aliphatic heterocycles. The van der Waals surface area contributed by atoms with Crippen molar-refractivity contribution < 1.29 is 5.11 Å². The number of halogens is 1. The van der Waals surface area contributed by atoms with Gasteiger partial charge in [-0.3, -0.25) is 5.43 Å². The zero-order chi connectivity index (χ0) is 12.1. The van der Waals surface area contributed by atoms with Gasteiger partial charge in [0.1, 0.15) is 5.75 Å². The van der Waals surface area contributed by atoms with E-state index in [4.69, 9.17) is 5.11 Å². The molecule has 2 aromatic carbocycles. The Morgan fingerprint density at radius 2 is 1.65 bits per heavy atom. The lowest BCUT2D eigenvalue weighted by Gasteiger charge is -1.99. The van der Waals surface area contributed by atoms with E-state index in [0.29, 0.717) is 0 Å². The fraction of sp³-hybridized carbons (Fsp3) is 0. The first-order valence-electron chi connectivity index (χ1n) is 5.08. The molecule has 17 heavy (non-hydrogen) atoms. The highest BCUT2D eigenvalue weighted by Crippen LogP contribution is 2.14. The number of phenolic OH excluding ortho intramolecular Hbond substituents is 1. The fourth-order valence-electron chi connectivity index (χ4n) is 1.27. The average Bonchev–Trinajstić information content (AvgIpc) is 2.34. The van der Waals surface area contributed by atoms with Crippen molar-refractivity contribution in [2.75, 3.05) is 5.43 Å². The third-order valence-electron chi connectivity index (χ3n) is 2.14. The van der Waals surface area contributed by atoms with Gasteiger partial charge in [0.2, 0.25) is 0 Å². The van der Waals surface area contributed by atoms with E-state index in [1.165, 1.54) is 0 Å².